The van der Waals surface area contributed by atoms with Crippen molar-refractivity contribution >= 4 is 24.2 Å². The van der Waals surface area contributed by atoms with Crippen LogP contribution in [0.3, 0.4) is 0 Å². The van der Waals surface area contributed by atoms with Crippen LogP contribution in [0.1, 0.15) is 75.8 Å². The van der Waals surface area contributed by atoms with Gasteiger partial charge in [-0.2, -0.15) is 0 Å². The Balaban J connectivity index is 0.00000306. The van der Waals surface area contributed by atoms with Crippen molar-refractivity contribution in [1.82, 2.24) is 10.2 Å². The highest BCUT2D eigenvalue weighted by Gasteiger charge is 2.64. The molecule has 33 heavy (non-hydrogen) atoms. The maximum absolute atomic E-state index is 14.0. The lowest BCUT2D eigenvalue weighted by Crippen LogP contribution is -2.81. The van der Waals surface area contributed by atoms with Crippen molar-refractivity contribution in [2.45, 2.75) is 89.8 Å². The summed E-state index contributed by atoms with van der Waals surface area (Å²) < 4.78 is 0.312. The minimum absolute atomic E-state index is 0. The summed E-state index contributed by atoms with van der Waals surface area (Å²) in [5, 5.41) is 3.28. The van der Waals surface area contributed by atoms with E-state index in [1.165, 1.54) is 30.4 Å². The molecule has 2 atom stereocenters. The van der Waals surface area contributed by atoms with Gasteiger partial charge in [-0.05, 0) is 43.2 Å². The Morgan fingerprint density at radius 3 is 2.39 bits per heavy atom. The summed E-state index contributed by atoms with van der Waals surface area (Å²) in [6.45, 7) is 7.77. The maximum Gasteiger partial charge on any atom is 0.337 e. The van der Waals surface area contributed by atoms with Gasteiger partial charge in [0.15, 0.2) is 5.54 Å². The van der Waals surface area contributed by atoms with E-state index in [0.717, 1.165) is 64.7 Å². The lowest BCUT2D eigenvalue weighted by atomic mass is 9.75. The lowest BCUT2D eigenvalue weighted by Gasteiger charge is -2.55. The first-order valence-electron chi connectivity index (χ1n) is 12.9. The van der Waals surface area contributed by atoms with Gasteiger partial charge in [0.2, 0.25) is 0 Å². The van der Waals surface area contributed by atoms with Crippen molar-refractivity contribution in [2.24, 2.45) is 5.92 Å². The highest BCUT2D eigenvalue weighted by atomic mass is 35.5. The van der Waals surface area contributed by atoms with E-state index in [1.54, 1.807) is 0 Å². The number of halogens is 1. The minimum Gasteiger partial charge on any atom is -0.335 e. The zero-order chi connectivity index (χ0) is 22.8. The number of nitrogens with zero attached hydrogens (tertiary/aromatic N) is 2. The van der Waals surface area contributed by atoms with Crippen LogP contribution in [-0.4, -0.2) is 59.5 Å². The molecule has 3 fully saturated rings. The zero-order valence-corrected chi connectivity index (χ0v) is 21.6. The molecule has 2 aliphatic heterocycles. The summed E-state index contributed by atoms with van der Waals surface area (Å²) in [4.78, 5) is 30.3. The van der Waals surface area contributed by atoms with Gasteiger partial charge in [-0.15, -0.1) is 12.4 Å². The van der Waals surface area contributed by atoms with E-state index in [4.69, 9.17) is 0 Å². The molecule has 184 valence electrons. The number of piperidine rings is 1. The highest BCUT2D eigenvalue weighted by molar-refractivity contribution is 5.95. The van der Waals surface area contributed by atoms with Gasteiger partial charge < -0.3 is 5.32 Å². The lowest BCUT2D eigenvalue weighted by molar-refractivity contribution is -0.883. The van der Waals surface area contributed by atoms with Crippen molar-refractivity contribution in [2.75, 3.05) is 26.7 Å². The predicted octanol–water partition coefficient (Wildman–Crippen LogP) is 4.60. The molecule has 1 unspecified atom stereocenters. The Kier molecular flexibility index (Phi) is 8.63. The van der Waals surface area contributed by atoms with Gasteiger partial charge in [0.1, 0.15) is 6.04 Å². The van der Waals surface area contributed by atoms with Gasteiger partial charge in [-0.25, -0.2) is 9.28 Å². The molecule has 1 aromatic rings. The molecule has 6 heteroatoms. The number of piperazine rings is 1. The third kappa shape index (κ3) is 4.87. The highest BCUT2D eigenvalue weighted by Crippen LogP contribution is 2.41. The first kappa shape index (κ1) is 26.2. The smallest absolute Gasteiger partial charge is 0.335 e. The molecule has 0 aromatic heterocycles. The number of unbranched alkanes of at least 4 members (excludes halogenated alkanes) is 1. The SMILES string of the molecule is CCCC[N+]1(C)C(=O)[C@H](C2CCCCC2)NC(=O)C12CCN(Cc1ccccc1C)CC2.Cl. The fraction of sp³-hybridized carbons (Fsp3) is 0.704. The largest absolute Gasteiger partial charge is 0.337 e. The van der Waals surface area contributed by atoms with Crippen LogP contribution in [0, 0.1) is 12.8 Å². The van der Waals surface area contributed by atoms with Crippen LogP contribution in [0.4, 0.5) is 0 Å². The fourth-order valence-corrected chi connectivity index (χ4v) is 6.49. The molecule has 1 saturated carbocycles. The van der Waals surface area contributed by atoms with Crippen molar-refractivity contribution in [1.29, 1.82) is 0 Å². The number of carbonyl (C=O) groups excluding carboxylic acids is 2. The van der Waals surface area contributed by atoms with Crippen molar-refractivity contribution in [3.8, 4) is 0 Å². The van der Waals surface area contributed by atoms with Crippen LogP contribution in [-0.2, 0) is 16.1 Å². The van der Waals surface area contributed by atoms with Gasteiger partial charge in [0.25, 0.3) is 5.91 Å². The number of likely N-dealkylation sites (tertiary alicyclic amines) is 1. The number of nitrogens with one attached hydrogen (secondary N) is 1. The van der Waals surface area contributed by atoms with E-state index in [9.17, 15) is 9.59 Å². The molecule has 4 rings (SSSR count). The first-order chi connectivity index (χ1) is 15.4. The van der Waals surface area contributed by atoms with E-state index in [1.807, 2.05) is 0 Å². The van der Waals surface area contributed by atoms with E-state index in [-0.39, 0.29) is 30.3 Å². The topological polar surface area (TPSA) is 49.4 Å². The summed E-state index contributed by atoms with van der Waals surface area (Å²) >= 11 is 0. The van der Waals surface area contributed by atoms with Crippen LogP contribution >= 0.6 is 12.4 Å². The Morgan fingerprint density at radius 2 is 1.76 bits per heavy atom. The second kappa shape index (κ2) is 10.9. The number of benzene rings is 1. The van der Waals surface area contributed by atoms with Crippen LogP contribution in [0.15, 0.2) is 24.3 Å². The Labute approximate surface area is 206 Å². The summed E-state index contributed by atoms with van der Waals surface area (Å²) in [5.41, 5.74) is 2.06. The van der Waals surface area contributed by atoms with Crippen LogP contribution in [0.5, 0.6) is 0 Å². The number of hydrogen-bond donors (Lipinski definition) is 1. The Hall–Kier alpha value is -1.43. The van der Waals surface area contributed by atoms with Gasteiger partial charge in [-0.1, -0.05) is 56.9 Å². The van der Waals surface area contributed by atoms with Gasteiger partial charge in [-0.3, -0.25) is 9.69 Å². The second-order valence-electron chi connectivity index (χ2n) is 10.7. The number of rotatable bonds is 6. The molecule has 0 radical (unpaired) electrons. The van der Waals surface area contributed by atoms with Crippen LogP contribution < -0.4 is 5.32 Å². The molecule has 3 aliphatic rings. The third-order valence-electron chi connectivity index (χ3n) is 8.82. The molecule has 1 aromatic carbocycles. The summed E-state index contributed by atoms with van der Waals surface area (Å²) in [6.07, 6.45) is 9.32. The average molecular weight is 477 g/mol. The Bertz CT molecular complexity index is 830. The minimum atomic E-state index is -0.611. The fourth-order valence-electron chi connectivity index (χ4n) is 6.49. The molecular formula is C27H43ClN3O2+. The molecule has 1 aliphatic carbocycles. The normalized spacial score (nSPS) is 28.4. The number of amides is 2. The van der Waals surface area contributed by atoms with Crippen molar-refractivity contribution in [3.63, 3.8) is 0 Å². The number of carbonyl (C=O) groups is 2. The molecule has 5 nitrogen and oxygen atoms in total. The van der Waals surface area contributed by atoms with Crippen molar-refractivity contribution in [3.05, 3.63) is 35.4 Å². The quantitative estimate of drug-likeness (QED) is 0.610. The van der Waals surface area contributed by atoms with Gasteiger partial charge in [0, 0.05) is 32.5 Å². The summed E-state index contributed by atoms with van der Waals surface area (Å²) in [6, 6.07) is 8.26. The van der Waals surface area contributed by atoms with E-state index >= 15 is 0 Å². The monoisotopic (exact) mass is 476 g/mol. The van der Waals surface area contributed by atoms with Gasteiger partial charge >= 0.3 is 5.91 Å². The van der Waals surface area contributed by atoms with E-state index in [0.29, 0.717) is 10.4 Å². The molecule has 2 amide bonds. The van der Waals surface area contributed by atoms with E-state index < -0.39 is 5.54 Å². The molecule has 2 saturated heterocycles. The van der Waals surface area contributed by atoms with Crippen LogP contribution in [0.2, 0.25) is 0 Å². The number of likely N-dealkylation sites (N-methyl/N-ethyl adjacent to an activating group) is 1. The number of aryl methyl sites for hydroxylation is 1. The van der Waals surface area contributed by atoms with Gasteiger partial charge in [0.05, 0.1) is 13.6 Å². The Morgan fingerprint density at radius 1 is 1.09 bits per heavy atom. The first-order valence-corrected chi connectivity index (χ1v) is 12.9. The zero-order valence-electron chi connectivity index (χ0n) is 20.8. The molecule has 1 spiro atoms. The maximum atomic E-state index is 14.0. The van der Waals surface area contributed by atoms with Crippen molar-refractivity contribution < 1.29 is 14.1 Å². The molecule has 0 bridgehead atoms. The number of quaternary nitrogens is 1. The second-order valence-corrected chi connectivity index (χ2v) is 10.7. The standard InChI is InChI=1S/C27H41N3O2.ClH/c1-4-5-19-30(3)25(31)24(22-12-7-6-8-13-22)28-26(32)27(30)15-17-29(18-16-27)20-23-14-10-9-11-21(23)2;/h9-11,14,22,24H,4-8,12-13,15-20H2,1-3H3;1H/p+1/t24-,30?;/m0./s1. The number of hydrogen-bond acceptors (Lipinski definition) is 3. The molecule has 2 heterocycles. The molecular weight excluding hydrogens is 434 g/mol. The van der Waals surface area contributed by atoms with E-state index in [2.05, 4.69) is 55.4 Å². The van der Waals surface area contributed by atoms with Crippen LogP contribution in [0.25, 0.3) is 0 Å². The molecule has 1 N–H and O–H groups in total. The summed E-state index contributed by atoms with van der Waals surface area (Å²) in [5.74, 6) is 0.733. The average Bonchev–Trinajstić information content (AvgIpc) is 2.82. The summed E-state index contributed by atoms with van der Waals surface area (Å²) in [7, 11) is 2.09. The third-order valence-corrected chi connectivity index (χ3v) is 8.82. The predicted molar refractivity (Wildman–Crippen MR) is 135 cm³/mol.